The van der Waals surface area contributed by atoms with Crippen molar-refractivity contribution in [1.82, 2.24) is 0 Å². The third-order valence-electron chi connectivity index (χ3n) is 0. The van der Waals surface area contributed by atoms with Gasteiger partial charge in [-0.15, -0.1) is 0 Å². The van der Waals surface area contributed by atoms with E-state index in [0.29, 0.717) is 0 Å². The fourth-order valence-electron chi connectivity index (χ4n) is 0. The van der Waals surface area contributed by atoms with Crippen molar-refractivity contribution in [2.45, 2.75) is 0 Å². The van der Waals surface area contributed by atoms with Gasteiger partial charge in [-0.3, -0.25) is 0 Å². The van der Waals surface area contributed by atoms with Crippen molar-refractivity contribution in [3.05, 3.63) is 0 Å². The molecule has 0 rings (SSSR count). The molecule has 0 radical (unpaired) electrons. The van der Waals surface area contributed by atoms with Gasteiger partial charge < -0.3 is 0 Å². The number of rotatable bonds is 0. The van der Waals surface area contributed by atoms with E-state index in [2.05, 4.69) is 39.3 Å². The summed E-state index contributed by atoms with van der Waals surface area (Å²) in [7, 11) is 17.4. The van der Waals surface area contributed by atoms with Crippen LogP contribution in [-0.4, -0.2) is 0 Å². The molecule has 0 amide bonds. The van der Waals surface area contributed by atoms with Gasteiger partial charge in [0, 0.05) is 0 Å². The molecule has 0 atom stereocenters. The van der Waals surface area contributed by atoms with E-state index in [0.717, 1.165) is 0 Å². The molecule has 0 aliphatic carbocycles. The van der Waals surface area contributed by atoms with E-state index in [1.165, 1.54) is 0 Å². The molecule has 0 saturated heterocycles. The summed E-state index contributed by atoms with van der Waals surface area (Å²) >= 11 is -0.727. The van der Waals surface area contributed by atoms with E-state index in [9.17, 15) is 0 Å². The molecule has 0 aliphatic rings. The molecule has 0 bridgehead atoms. The Kier molecular flexibility index (Phi) is 29.0. The van der Waals surface area contributed by atoms with Gasteiger partial charge in [-0.2, -0.15) is 0 Å². The molecule has 0 aromatic rings. The molecule has 6 heavy (non-hydrogen) atoms. The van der Waals surface area contributed by atoms with E-state index < -0.39 is 0 Å². The molecule has 0 nitrogen and oxygen atoms in total. The Bertz CT molecular complexity index is 59.5. The third-order valence-corrected chi connectivity index (χ3v) is 0. The average molecular weight is 320 g/mol. The predicted molar refractivity (Wildman–Crippen MR) is 30.4 cm³/mol. The second-order valence-corrected chi connectivity index (χ2v) is 7.25. The number of hydrogen-bond acceptors (Lipinski definition) is 4. The average Bonchev–Trinajstić information content (AvgIpc) is 1.39. The molecule has 6 heteroatoms. The van der Waals surface area contributed by atoms with E-state index in [1.807, 2.05) is 0 Å². The van der Waals surface area contributed by atoms with Crippen LogP contribution in [0.15, 0.2) is 0 Å². The Labute approximate surface area is 67.9 Å². The quantitative estimate of drug-likeness (QED) is 0.629. The van der Waals surface area contributed by atoms with Crippen LogP contribution in [0.1, 0.15) is 0 Å². The fraction of sp³-hybridized carbons (Fsp3) is 0. The molecule has 0 unspecified atom stereocenters. The normalized spacial score (nSPS) is 4.00. The van der Waals surface area contributed by atoms with Crippen LogP contribution < -0.4 is 0 Å². The summed E-state index contributed by atoms with van der Waals surface area (Å²) < 4.78 is 0. The minimum atomic E-state index is -0.363. The van der Waals surface area contributed by atoms with Crippen LogP contribution in [0.5, 0.6) is 0 Å². The second-order valence-electron chi connectivity index (χ2n) is 0.136. The van der Waals surface area contributed by atoms with Crippen LogP contribution in [-0.2, 0) is 29.8 Å². The SMILES string of the molecule is [S]=[Mo]=[S].[S]=[Mo]=[S]. The first-order valence-electron chi connectivity index (χ1n) is 0.667. The Morgan fingerprint density at radius 2 is 0.667 bits per heavy atom. The molecular weight excluding hydrogens is 320 g/mol. The molecule has 36 valence electrons. The Morgan fingerprint density at radius 1 is 0.667 bits per heavy atom. The first kappa shape index (κ1) is 11.1. The van der Waals surface area contributed by atoms with Crippen LogP contribution in [0.2, 0.25) is 0 Å². The zero-order chi connectivity index (χ0) is 5.41. The summed E-state index contributed by atoms with van der Waals surface area (Å²) in [5.41, 5.74) is 0. The van der Waals surface area contributed by atoms with Gasteiger partial charge in [0.05, 0.1) is 0 Å². The summed E-state index contributed by atoms with van der Waals surface area (Å²) in [6.07, 6.45) is 0. The molecule has 0 N–H and O–H groups in total. The van der Waals surface area contributed by atoms with Crippen molar-refractivity contribution in [2.24, 2.45) is 0 Å². The van der Waals surface area contributed by atoms with Crippen molar-refractivity contribution >= 4 is 39.3 Å². The third kappa shape index (κ3) is 33.9. The van der Waals surface area contributed by atoms with Crippen LogP contribution >= 0.6 is 39.3 Å². The van der Waals surface area contributed by atoms with Crippen molar-refractivity contribution in [2.75, 3.05) is 0 Å². The van der Waals surface area contributed by atoms with Crippen molar-refractivity contribution in [1.29, 1.82) is 0 Å². The van der Waals surface area contributed by atoms with Crippen molar-refractivity contribution in [3.8, 4) is 0 Å². The predicted octanol–water partition coefficient (Wildman–Crippen LogP) is 2.59. The summed E-state index contributed by atoms with van der Waals surface area (Å²) in [4.78, 5) is 0. The monoisotopic (exact) mass is 324 g/mol. The van der Waals surface area contributed by atoms with Gasteiger partial charge in [0.25, 0.3) is 0 Å². The van der Waals surface area contributed by atoms with Gasteiger partial charge in [-0.05, 0) is 0 Å². The van der Waals surface area contributed by atoms with Crippen molar-refractivity contribution in [3.63, 3.8) is 0 Å². The molecule has 0 spiro atoms. The maximum atomic E-state index is 4.34. The Balaban J connectivity index is 0. The summed E-state index contributed by atoms with van der Waals surface area (Å²) in [5.74, 6) is 0. The molecule has 0 fully saturated rings. The molecular formula is Mo2S4. The van der Waals surface area contributed by atoms with E-state index in [4.69, 9.17) is 0 Å². The van der Waals surface area contributed by atoms with Gasteiger partial charge in [-0.1, -0.05) is 0 Å². The second kappa shape index (κ2) is 15.7. The fourth-order valence-corrected chi connectivity index (χ4v) is 0. The first-order chi connectivity index (χ1) is 2.83. The topological polar surface area (TPSA) is 0 Å². The molecule has 0 saturated carbocycles. The van der Waals surface area contributed by atoms with Crippen LogP contribution in [0.4, 0.5) is 0 Å². The van der Waals surface area contributed by atoms with Crippen LogP contribution in [0.25, 0.3) is 0 Å². The van der Waals surface area contributed by atoms with Gasteiger partial charge in [-0.25, -0.2) is 0 Å². The van der Waals surface area contributed by atoms with E-state index in [-0.39, 0.29) is 29.8 Å². The minimum absolute atomic E-state index is 0.363. The van der Waals surface area contributed by atoms with Gasteiger partial charge in [0.15, 0.2) is 0 Å². The zero-order valence-corrected chi connectivity index (χ0v) is 9.73. The Morgan fingerprint density at radius 3 is 0.667 bits per heavy atom. The van der Waals surface area contributed by atoms with Gasteiger partial charge in [0.2, 0.25) is 0 Å². The van der Waals surface area contributed by atoms with Crippen molar-refractivity contribution < 1.29 is 29.8 Å². The molecule has 0 aromatic carbocycles. The standard InChI is InChI=1S/2Mo.4S. The first-order valence-corrected chi connectivity index (χ1v) is 11.8. The molecule has 0 aliphatic heterocycles. The zero-order valence-electron chi connectivity index (χ0n) is 2.45. The molecule has 0 aromatic heterocycles. The van der Waals surface area contributed by atoms with Gasteiger partial charge >= 0.3 is 69.1 Å². The number of hydrogen-bond donors (Lipinski definition) is 0. The van der Waals surface area contributed by atoms with Crippen LogP contribution in [0, 0.1) is 0 Å². The van der Waals surface area contributed by atoms with E-state index >= 15 is 0 Å². The summed E-state index contributed by atoms with van der Waals surface area (Å²) in [5, 5.41) is 0. The molecule has 0 heterocycles. The maximum absolute atomic E-state index is 4.34. The Hall–Kier alpha value is 2.26. The van der Waals surface area contributed by atoms with Gasteiger partial charge in [0.1, 0.15) is 0 Å². The summed E-state index contributed by atoms with van der Waals surface area (Å²) in [6.45, 7) is 0. The van der Waals surface area contributed by atoms with E-state index in [1.54, 1.807) is 0 Å². The summed E-state index contributed by atoms with van der Waals surface area (Å²) in [6, 6.07) is 0. The van der Waals surface area contributed by atoms with Crippen LogP contribution in [0.3, 0.4) is 0 Å².